The first kappa shape index (κ1) is 20.9. The number of amides is 2. The fourth-order valence-corrected chi connectivity index (χ4v) is 3.71. The van der Waals surface area contributed by atoms with Crippen molar-refractivity contribution < 1.29 is 9.53 Å². The molecule has 3 rings (SSSR count). The normalized spacial score (nSPS) is 19.7. The van der Waals surface area contributed by atoms with E-state index in [0.717, 1.165) is 62.6 Å². The molecule has 29 heavy (non-hydrogen) atoms. The monoisotopic (exact) mass is 397 g/mol. The van der Waals surface area contributed by atoms with Crippen LogP contribution < -0.4 is 10.7 Å². The van der Waals surface area contributed by atoms with E-state index >= 15 is 0 Å². The van der Waals surface area contributed by atoms with Gasteiger partial charge in [0.1, 0.15) is 5.82 Å². The van der Waals surface area contributed by atoms with Gasteiger partial charge in [0.2, 0.25) is 0 Å². The molecule has 1 aromatic rings. The number of aryl methyl sites for hydroxylation is 1. The zero-order valence-corrected chi connectivity index (χ0v) is 17.4. The van der Waals surface area contributed by atoms with Gasteiger partial charge >= 0.3 is 6.03 Å². The Kier molecular flexibility index (Phi) is 7.30. The summed E-state index contributed by atoms with van der Waals surface area (Å²) in [5, 5.41) is 7.01. The first-order valence-corrected chi connectivity index (χ1v) is 10.2. The Morgan fingerprint density at radius 2 is 2.03 bits per heavy atom. The number of nitrogens with one attached hydrogen (secondary N) is 2. The van der Waals surface area contributed by atoms with Crippen molar-refractivity contribution in [1.29, 1.82) is 0 Å². The fourth-order valence-electron chi connectivity index (χ4n) is 3.71. The molecule has 0 aromatic heterocycles. The van der Waals surface area contributed by atoms with Gasteiger partial charge in [-0.3, -0.25) is 0 Å². The number of morpholine rings is 1. The average molecular weight is 398 g/mol. The molecule has 2 heterocycles. The van der Waals surface area contributed by atoms with Crippen LogP contribution in [0.15, 0.2) is 53.4 Å². The molecule has 7 heteroatoms. The van der Waals surface area contributed by atoms with Gasteiger partial charge in [-0.1, -0.05) is 30.7 Å². The molecule has 1 fully saturated rings. The molecule has 0 saturated carbocycles. The van der Waals surface area contributed by atoms with Crippen molar-refractivity contribution in [2.45, 2.75) is 20.3 Å². The van der Waals surface area contributed by atoms with Gasteiger partial charge in [0.15, 0.2) is 0 Å². The highest BCUT2D eigenvalue weighted by Gasteiger charge is 2.32. The Balaban J connectivity index is 1.72. The maximum absolute atomic E-state index is 12.2. The molecular weight excluding hydrogens is 366 g/mol. The van der Waals surface area contributed by atoms with Crippen LogP contribution in [0.2, 0.25) is 0 Å². The number of carbonyl (C=O) groups is 1. The SMILES string of the molecule is C=CC1CN(CCC)C(N2CCOCC2)=C1/C=N/NC(=O)Nc1ccc(C)cc1. The second kappa shape index (κ2) is 10.1. The van der Waals surface area contributed by atoms with Crippen molar-refractivity contribution in [3.05, 3.63) is 53.9 Å². The molecule has 2 aliphatic rings. The van der Waals surface area contributed by atoms with Crippen LogP contribution in [0.25, 0.3) is 0 Å². The number of hydrazone groups is 1. The molecule has 1 saturated heterocycles. The third-order valence-electron chi connectivity index (χ3n) is 5.14. The maximum atomic E-state index is 12.2. The number of benzene rings is 1. The molecule has 2 amide bonds. The Bertz CT molecular complexity index is 766. The van der Waals surface area contributed by atoms with Gasteiger partial charge in [0.25, 0.3) is 0 Å². The molecular formula is C22H31N5O2. The lowest BCUT2D eigenvalue weighted by atomic mass is 10.0. The predicted octanol–water partition coefficient (Wildman–Crippen LogP) is 3.17. The summed E-state index contributed by atoms with van der Waals surface area (Å²) in [7, 11) is 0. The van der Waals surface area contributed by atoms with Crippen LogP contribution in [-0.4, -0.2) is 61.4 Å². The Labute approximate surface area is 173 Å². The van der Waals surface area contributed by atoms with Gasteiger partial charge in [-0.15, -0.1) is 6.58 Å². The summed E-state index contributed by atoms with van der Waals surface area (Å²) >= 11 is 0. The van der Waals surface area contributed by atoms with Gasteiger partial charge in [-0.25, -0.2) is 10.2 Å². The number of hydrogen-bond donors (Lipinski definition) is 2. The molecule has 0 bridgehead atoms. The molecule has 2 N–H and O–H groups in total. The van der Waals surface area contributed by atoms with Crippen LogP contribution in [0.1, 0.15) is 18.9 Å². The van der Waals surface area contributed by atoms with Gasteiger partial charge in [0.05, 0.1) is 19.4 Å². The van der Waals surface area contributed by atoms with Crippen LogP contribution >= 0.6 is 0 Å². The third kappa shape index (κ3) is 5.38. The zero-order chi connectivity index (χ0) is 20.6. The topological polar surface area (TPSA) is 69.2 Å². The van der Waals surface area contributed by atoms with Gasteiger partial charge in [-0.2, -0.15) is 5.10 Å². The van der Waals surface area contributed by atoms with E-state index in [1.165, 1.54) is 5.82 Å². The van der Waals surface area contributed by atoms with Crippen LogP contribution in [0, 0.1) is 12.8 Å². The van der Waals surface area contributed by atoms with Crippen molar-refractivity contribution in [3.63, 3.8) is 0 Å². The molecule has 7 nitrogen and oxygen atoms in total. The Morgan fingerprint density at radius 3 is 2.69 bits per heavy atom. The summed E-state index contributed by atoms with van der Waals surface area (Å²) in [5.41, 5.74) is 5.54. The zero-order valence-electron chi connectivity index (χ0n) is 17.4. The summed E-state index contributed by atoms with van der Waals surface area (Å²) in [6, 6.07) is 7.27. The average Bonchev–Trinajstić information content (AvgIpc) is 3.08. The number of ether oxygens (including phenoxy) is 1. The highest BCUT2D eigenvalue weighted by atomic mass is 16.5. The van der Waals surface area contributed by atoms with Gasteiger partial charge < -0.3 is 19.9 Å². The second-order valence-electron chi connectivity index (χ2n) is 7.36. The first-order valence-electron chi connectivity index (χ1n) is 10.2. The van der Waals surface area contributed by atoms with E-state index in [2.05, 4.69) is 39.1 Å². The molecule has 0 radical (unpaired) electrons. The number of urea groups is 1. The van der Waals surface area contributed by atoms with E-state index in [-0.39, 0.29) is 11.9 Å². The van der Waals surface area contributed by atoms with E-state index < -0.39 is 0 Å². The summed E-state index contributed by atoms with van der Waals surface area (Å²) < 4.78 is 5.52. The van der Waals surface area contributed by atoms with Crippen LogP contribution in [-0.2, 0) is 4.74 Å². The largest absolute Gasteiger partial charge is 0.378 e. The van der Waals surface area contributed by atoms with E-state index in [4.69, 9.17) is 4.74 Å². The van der Waals surface area contributed by atoms with Crippen molar-refractivity contribution in [1.82, 2.24) is 15.2 Å². The highest BCUT2D eigenvalue weighted by Crippen LogP contribution is 2.31. The van der Waals surface area contributed by atoms with Crippen molar-refractivity contribution >= 4 is 17.9 Å². The Hall–Kier alpha value is -2.80. The van der Waals surface area contributed by atoms with E-state index in [1.54, 1.807) is 6.21 Å². The van der Waals surface area contributed by atoms with Gasteiger partial charge in [-0.05, 0) is 25.5 Å². The molecule has 1 atom stereocenters. The summed E-state index contributed by atoms with van der Waals surface area (Å²) in [6.45, 7) is 13.2. The van der Waals surface area contributed by atoms with Crippen molar-refractivity contribution in [3.8, 4) is 0 Å². The number of carbonyl (C=O) groups excluding carboxylic acids is 1. The van der Waals surface area contributed by atoms with Crippen molar-refractivity contribution in [2.75, 3.05) is 44.7 Å². The minimum Gasteiger partial charge on any atom is -0.378 e. The van der Waals surface area contributed by atoms with Crippen LogP contribution in [0.5, 0.6) is 0 Å². The second-order valence-corrected chi connectivity index (χ2v) is 7.36. The highest BCUT2D eigenvalue weighted by molar-refractivity contribution is 5.90. The standard InChI is InChI=1S/C22H31N5O2/c1-4-10-27-16-18(5-2)20(21(27)26-11-13-29-14-12-26)15-23-25-22(28)24-19-8-6-17(3)7-9-19/h5-9,15,18H,2,4,10-14,16H2,1,3H3,(H2,24,25,28)/b23-15+. The number of hydrogen-bond acceptors (Lipinski definition) is 5. The minimum absolute atomic E-state index is 0.185. The fraction of sp³-hybridized carbons (Fsp3) is 0.455. The number of rotatable bonds is 7. The quantitative estimate of drug-likeness (QED) is 0.421. The molecule has 156 valence electrons. The third-order valence-corrected chi connectivity index (χ3v) is 5.14. The summed E-state index contributed by atoms with van der Waals surface area (Å²) in [5.74, 6) is 1.37. The lowest BCUT2D eigenvalue weighted by Gasteiger charge is -2.35. The summed E-state index contributed by atoms with van der Waals surface area (Å²) in [4.78, 5) is 16.9. The van der Waals surface area contributed by atoms with E-state index in [0.29, 0.717) is 0 Å². The molecule has 0 aliphatic carbocycles. The lowest BCUT2D eigenvalue weighted by Crippen LogP contribution is -2.41. The number of anilines is 1. The summed E-state index contributed by atoms with van der Waals surface area (Å²) in [6.07, 6.45) is 4.80. The van der Waals surface area contributed by atoms with Crippen LogP contribution in [0.4, 0.5) is 10.5 Å². The minimum atomic E-state index is -0.364. The predicted molar refractivity (Wildman–Crippen MR) is 117 cm³/mol. The molecule has 1 aromatic carbocycles. The Morgan fingerprint density at radius 1 is 1.31 bits per heavy atom. The smallest absolute Gasteiger partial charge is 0.339 e. The molecule has 1 unspecified atom stereocenters. The van der Waals surface area contributed by atoms with Crippen LogP contribution in [0.3, 0.4) is 0 Å². The van der Waals surface area contributed by atoms with Gasteiger partial charge in [0, 0.05) is 43.4 Å². The van der Waals surface area contributed by atoms with E-state index in [9.17, 15) is 4.79 Å². The molecule has 0 spiro atoms. The maximum Gasteiger partial charge on any atom is 0.339 e. The number of nitrogens with zero attached hydrogens (tertiary/aromatic N) is 3. The lowest BCUT2D eigenvalue weighted by molar-refractivity contribution is 0.0397. The van der Waals surface area contributed by atoms with E-state index in [1.807, 2.05) is 37.3 Å². The first-order chi connectivity index (χ1) is 14.1. The molecule has 2 aliphatic heterocycles. The van der Waals surface area contributed by atoms with Crippen molar-refractivity contribution in [2.24, 2.45) is 11.0 Å².